The molecule has 0 saturated carbocycles. The van der Waals surface area contributed by atoms with E-state index in [0.29, 0.717) is 19.7 Å². The van der Waals surface area contributed by atoms with Gasteiger partial charge in [0.1, 0.15) is 5.82 Å². The van der Waals surface area contributed by atoms with Crippen LogP contribution in [0.5, 0.6) is 0 Å². The molecule has 4 rings (SSSR count). The first-order valence-electron chi connectivity index (χ1n) is 8.16. The number of halogens is 1. The largest absolute Gasteiger partial charge is 0.371 e. The van der Waals surface area contributed by atoms with E-state index in [1.54, 1.807) is 22.6 Å². The number of nitrogens with zero attached hydrogens (tertiary/aromatic N) is 3. The Kier molecular flexibility index (Phi) is 4.37. The smallest absolute Gasteiger partial charge is 0.259 e. The van der Waals surface area contributed by atoms with Gasteiger partial charge in [0.15, 0.2) is 4.96 Å². The van der Waals surface area contributed by atoms with E-state index >= 15 is 0 Å². The Labute approximate surface area is 148 Å². The van der Waals surface area contributed by atoms with Gasteiger partial charge in [-0.1, -0.05) is 12.1 Å². The molecule has 1 unspecified atom stereocenters. The van der Waals surface area contributed by atoms with Crippen molar-refractivity contribution in [2.75, 3.05) is 19.7 Å². The minimum Gasteiger partial charge on any atom is -0.371 e. The van der Waals surface area contributed by atoms with Crippen molar-refractivity contribution in [1.82, 2.24) is 14.3 Å². The van der Waals surface area contributed by atoms with Crippen molar-refractivity contribution < 1.29 is 9.13 Å². The van der Waals surface area contributed by atoms with Crippen LogP contribution < -0.4 is 5.56 Å². The zero-order valence-electron chi connectivity index (χ0n) is 13.8. The second-order valence-electron chi connectivity index (χ2n) is 6.23. The number of hydrogen-bond acceptors (Lipinski definition) is 5. The minimum absolute atomic E-state index is 0.0397. The summed E-state index contributed by atoms with van der Waals surface area (Å²) in [5, 5.41) is 1.94. The average molecular weight is 359 g/mol. The quantitative estimate of drug-likeness (QED) is 0.721. The summed E-state index contributed by atoms with van der Waals surface area (Å²) in [5.41, 5.74) is 2.60. The Morgan fingerprint density at radius 3 is 2.96 bits per heavy atom. The maximum Gasteiger partial charge on any atom is 0.259 e. The molecule has 25 heavy (non-hydrogen) atoms. The van der Waals surface area contributed by atoms with E-state index in [9.17, 15) is 9.18 Å². The number of ether oxygens (including phenoxy) is 1. The van der Waals surface area contributed by atoms with Crippen LogP contribution in [-0.2, 0) is 11.3 Å². The zero-order chi connectivity index (χ0) is 17.4. The number of aromatic nitrogens is 2. The first kappa shape index (κ1) is 16.4. The van der Waals surface area contributed by atoms with E-state index in [1.807, 2.05) is 12.3 Å². The van der Waals surface area contributed by atoms with Crippen molar-refractivity contribution in [3.8, 4) is 0 Å². The highest BCUT2D eigenvalue weighted by atomic mass is 32.1. The lowest BCUT2D eigenvalue weighted by molar-refractivity contribution is -0.0333. The van der Waals surface area contributed by atoms with Gasteiger partial charge in [-0.2, -0.15) is 0 Å². The van der Waals surface area contributed by atoms with E-state index in [2.05, 4.69) is 9.88 Å². The van der Waals surface area contributed by atoms with Gasteiger partial charge < -0.3 is 4.74 Å². The van der Waals surface area contributed by atoms with E-state index in [1.165, 1.54) is 23.5 Å². The molecule has 0 spiro atoms. The molecular weight excluding hydrogens is 341 g/mol. The first-order chi connectivity index (χ1) is 12.1. The molecule has 3 aromatic rings. The molecule has 1 atom stereocenters. The van der Waals surface area contributed by atoms with Gasteiger partial charge in [-0.3, -0.25) is 14.1 Å². The Morgan fingerprint density at radius 1 is 1.36 bits per heavy atom. The summed E-state index contributed by atoms with van der Waals surface area (Å²) in [7, 11) is 0. The van der Waals surface area contributed by atoms with Crippen LogP contribution in [0.4, 0.5) is 4.39 Å². The lowest BCUT2D eigenvalue weighted by atomic mass is 10.1. The standard InChI is InChI=1S/C18H18FN3O2S/c1-12-11-25-18-20-15(8-17(23)22(12)18)9-21-6-7-24-16(10-21)13-2-4-14(19)5-3-13/h2-5,8,11,16H,6-7,9-10H2,1H3. The highest BCUT2D eigenvalue weighted by Gasteiger charge is 2.22. The van der Waals surface area contributed by atoms with Crippen molar-refractivity contribution in [1.29, 1.82) is 0 Å². The second-order valence-corrected chi connectivity index (χ2v) is 7.06. The van der Waals surface area contributed by atoms with Crippen LogP contribution in [0.1, 0.15) is 23.1 Å². The summed E-state index contributed by atoms with van der Waals surface area (Å²) < 4.78 is 20.5. The summed E-state index contributed by atoms with van der Waals surface area (Å²) in [6.07, 6.45) is -0.0943. The van der Waals surface area contributed by atoms with E-state index in [-0.39, 0.29) is 17.5 Å². The minimum atomic E-state index is -0.249. The summed E-state index contributed by atoms with van der Waals surface area (Å²) in [5.74, 6) is -0.249. The lowest BCUT2D eigenvalue weighted by Gasteiger charge is -2.32. The third-order valence-corrected chi connectivity index (χ3v) is 5.35. The molecule has 3 heterocycles. The maximum absolute atomic E-state index is 13.1. The number of aryl methyl sites for hydroxylation is 1. The normalized spacial score (nSPS) is 18.7. The monoisotopic (exact) mass is 359 g/mol. The van der Waals surface area contributed by atoms with E-state index in [4.69, 9.17) is 4.74 Å². The van der Waals surface area contributed by atoms with Crippen molar-refractivity contribution >= 4 is 16.3 Å². The number of thiazole rings is 1. The van der Waals surface area contributed by atoms with Gasteiger partial charge in [-0.25, -0.2) is 9.37 Å². The molecule has 5 nitrogen and oxygen atoms in total. The van der Waals surface area contributed by atoms with Crippen molar-refractivity contribution in [3.63, 3.8) is 0 Å². The van der Waals surface area contributed by atoms with Crippen LogP contribution in [0.2, 0.25) is 0 Å². The van der Waals surface area contributed by atoms with Crippen LogP contribution in [-0.4, -0.2) is 34.0 Å². The Morgan fingerprint density at radius 2 is 2.16 bits per heavy atom. The average Bonchev–Trinajstić information content (AvgIpc) is 2.97. The molecular formula is C18H18FN3O2S. The molecule has 1 aliphatic heterocycles. The van der Waals surface area contributed by atoms with Crippen LogP contribution in [0.25, 0.3) is 4.96 Å². The molecule has 1 fully saturated rings. The molecule has 130 valence electrons. The van der Waals surface area contributed by atoms with Gasteiger partial charge in [0.25, 0.3) is 5.56 Å². The number of fused-ring (bicyclic) bond motifs is 1. The molecule has 0 aliphatic carbocycles. The molecule has 7 heteroatoms. The van der Waals surface area contributed by atoms with Gasteiger partial charge in [-0.05, 0) is 24.6 Å². The van der Waals surface area contributed by atoms with Crippen LogP contribution in [0.15, 0.2) is 40.5 Å². The molecule has 0 radical (unpaired) electrons. The van der Waals surface area contributed by atoms with Gasteiger partial charge in [0.05, 0.1) is 18.4 Å². The summed E-state index contributed by atoms with van der Waals surface area (Å²) in [6.45, 7) is 4.57. The van der Waals surface area contributed by atoms with Gasteiger partial charge in [0.2, 0.25) is 0 Å². The SMILES string of the molecule is Cc1csc2nc(CN3CCOC(c4ccc(F)cc4)C3)cc(=O)n12. The third kappa shape index (κ3) is 3.35. The highest BCUT2D eigenvalue weighted by Crippen LogP contribution is 2.23. The second kappa shape index (κ2) is 6.67. The topological polar surface area (TPSA) is 46.8 Å². The number of morpholine rings is 1. The van der Waals surface area contributed by atoms with Gasteiger partial charge in [0, 0.05) is 36.8 Å². The predicted octanol–water partition coefficient (Wildman–Crippen LogP) is 2.78. The van der Waals surface area contributed by atoms with Crippen LogP contribution >= 0.6 is 11.3 Å². The fraction of sp³-hybridized carbons (Fsp3) is 0.333. The van der Waals surface area contributed by atoms with Crippen molar-refractivity contribution in [3.05, 3.63) is 68.8 Å². The van der Waals surface area contributed by atoms with E-state index in [0.717, 1.165) is 28.5 Å². The fourth-order valence-corrected chi connectivity index (χ4v) is 4.03. The summed E-state index contributed by atoms with van der Waals surface area (Å²) in [6, 6.07) is 8.03. The molecule has 1 saturated heterocycles. The number of benzene rings is 1. The first-order valence-corrected chi connectivity index (χ1v) is 9.04. The Balaban J connectivity index is 1.52. The van der Waals surface area contributed by atoms with Crippen molar-refractivity contribution in [2.45, 2.75) is 19.6 Å². The molecule has 1 aromatic carbocycles. The molecule has 2 aromatic heterocycles. The van der Waals surface area contributed by atoms with Crippen LogP contribution in [0.3, 0.4) is 0 Å². The Hall–Kier alpha value is -2.09. The number of hydrogen-bond donors (Lipinski definition) is 0. The summed E-state index contributed by atoms with van der Waals surface area (Å²) in [4.78, 5) is 19.8. The molecule has 0 amide bonds. The zero-order valence-corrected chi connectivity index (χ0v) is 14.6. The highest BCUT2D eigenvalue weighted by molar-refractivity contribution is 7.15. The fourth-order valence-electron chi connectivity index (χ4n) is 3.14. The molecule has 0 N–H and O–H groups in total. The lowest BCUT2D eigenvalue weighted by Crippen LogP contribution is -2.38. The predicted molar refractivity (Wildman–Crippen MR) is 94.4 cm³/mol. The van der Waals surface area contributed by atoms with Crippen molar-refractivity contribution in [2.24, 2.45) is 0 Å². The van der Waals surface area contributed by atoms with Gasteiger partial charge >= 0.3 is 0 Å². The Bertz CT molecular complexity index is 951. The molecule has 0 bridgehead atoms. The number of rotatable bonds is 3. The third-order valence-electron chi connectivity index (χ3n) is 4.41. The maximum atomic E-state index is 13.1. The summed E-state index contributed by atoms with van der Waals surface area (Å²) >= 11 is 1.48. The van der Waals surface area contributed by atoms with Crippen LogP contribution in [0, 0.1) is 12.7 Å². The van der Waals surface area contributed by atoms with E-state index < -0.39 is 0 Å². The molecule has 1 aliphatic rings. The van der Waals surface area contributed by atoms with Gasteiger partial charge in [-0.15, -0.1) is 11.3 Å².